The molecule has 1 saturated heterocycles. The predicted octanol–water partition coefficient (Wildman–Crippen LogP) is 4.50. The van der Waals surface area contributed by atoms with Crippen molar-refractivity contribution in [2.45, 2.75) is 26.8 Å². The molecule has 1 N–H and O–H groups in total. The smallest absolute Gasteiger partial charge is 0.295 e. The van der Waals surface area contributed by atoms with E-state index in [0.29, 0.717) is 41.6 Å². The quantitative estimate of drug-likeness (QED) is 0.341. The number of rotatable bonds is 9. The van der Waals surface area contributed by atoms with E-state index in [1.165, 1.54) is 4.90 Å². The Balaban J connectivity index is 2.10. The van der Waals surface area contributed by atoms with Gasteiger partial charge in [0.1, 0.15) is 11.5 Å². The Hall–Kier alpha value is -2.83. The first kappa shape index (κ1) is 23.8. The van der Waals surface area contributed by atoms with Crippen molar-refractivity contribution >= 4 is 29.1 Å². The highest BCUT2D eigenvalue weighted by Crippen LogP contribution is 2.40. The Bertz CT molecular complexity index is 1020. The summed E-state index contributed by atoms with van der Waals surface area (Å²) in [6.07, 6.45) is 0. The fourth-order valence-electron chi connectivity index (χ4n) is 3.98. The number of ether oxygens (including phenoxy) is 1. The molecule has 170 valence electrons. The molecule has 1 heterocycles. The maximum Gasteiger partial charge on any atom is 0.295 e. The molecule has 1 aliphatic heterocycles. The average molecular weight is 457 g/mol. The first-order valence-electron chi connectivity index (χ1n) is 10.9. The third kappa shape index (κ3) is 4.97. The number of amides is 1. The van der Waals surface area contributed by atoms with Crippen molar-refractivity contribution in [1.29, 1.82) is 0 Å². The predicted molar refractivity (Wildman–Crippen MR) is 126 cm³/mol. The molecular formula is C25H29ClN2O4. The van der Waals surface area contributed by atoms with Crippen LogP contribution in [0.4, 0.5) is 0 Å². The van der Waals surface area contributed by atoms with Crippen LogP contribution >= 0.6 is 11.6 Å². The van der Waals surface area contributed by atoms with Gasteiger partial charge in [-0.25, -0.2) is 0 Å². The summed E-state index contributed by atoms with van der Waals surface area (Å²) in [6.45, 7) is 9.11. The van der Waals surface area contributed by atoms with Crippen LogP contribution in [0.25, 0.3) is 5.76 Å². The second-order valence-electron chi connectivity index (χ2n) is 7.54. The number of hydrogen-bond donors (Lipinski definition) is 1. The van der Waals surface area contributed by atoms with Crippen LogP contribution in [0, 0.1) is 0 Å². The Morgan fingerprint density at radius 2 is 1.81 bits per heavy atom. The van der Waals surface area contributed by atoms with Gasteiger partial charge in [0.2, 0.25) is 0 Å². The van der Waals surface area contributed by atoms with E-state index < -0.39 is 17.7 Å². The van der Waals surface area contributed by atoms with Gasteiger partial charge in [-0.2, -0.15) is 0 Å². The van der Waals surface area contributed by atoms with E-state index in [9.17, 15) is 14.7 Å². The van der Waals surface area contributed by atoms with Crippen LogP contribution in [0.5, 0.6) is 5.75 Å². The molecule has 1 aliphatic rings. The third-order valence-corrected chi connectivity index (χ3v) is 5.91. The summed E-state index contributed by atoms with van der Waals surface area (Å²) in [6, 6.07) is 13.2. The topological polar surface area (TPSA) is 70.1 Å². The van der Waals surface area contributed by atoms with Crippen molar-refractivity contribution in [2.24, 2.45) is 0 Å². The largest absolute Gasteiger partial charge is 0.507 e. The van der Waals surface area contributed by atoms with Gasteiger partial charge >= 0.3 is 0 Å². The molecule has 1 unspecified atom stereocenters. The summed E-state index contributed by atoms with van der Waals surface area (Å²) in [5.41, 5.74) is 1.16. The second kappa shape index (κ2) is 10.7. The SMILES string of the molecule is CCOc1cccc(C(O)=C2C(=O)C(=O)N(CCN(CC)CC)C2c2cccc(Cl)c2)c1. The van der Waals surface area contributed by atoms with Crippen molar-refractivity contribution in [1.82, 2.24) is 9.80 Å². The molecule has 3 rings (SSSR count). The highest BCUT2D eigenvalue weighted by Gasteiger charge is 2.46. The van der Waals surface area contributed by atoms with Gasteiger partial charge in [-0.05, 0) is 49.8 Å². The molecule has 2 aromatic carbocycles. The van der Waals surface area contributed by atoms with E-state index in [2.05, 4.69) is 18.7 Å². The van der Waals surface area contributed by atoms with E-state index in [1.54, 1.807) is 42.5 Å². The Morgan fingerprint density at radius 1 is 1.09 bits per heavy atom. The molecule has 7 heteroatoms. The lowest BCUT2D eigenvalue weighted by Gasteiger charge is -2.28. The minimum Gasteiger partial charge on any atom is -0.507 e. The van der Waals surface area contributed by atoms with Crippen molar-refractivity contribution in [3.8, 4) is 5.75 Å². The summed E-state index contributed by atoms with van der Waals surface area (Å²) in [7, 11) is 0. The van der Waals surface area contributed by atoms with Gasteiger partial charge in [-0.3, -0.25) is 9.59 Å². The molecule has 0 saturated carbocycles. The second-order valence-corrected chi connectivity index (χ2v) is 7.97. The molecule has 1 fully saturated rings. The molecule has 1 amide bonds. The molecule has 0 aliphatic carbocycles. The zero-order valence-corrected chi connectivity index (χ0v) is 19.4. The highest BCUT2D eigenvalue weighted by atomic mass is 35.5. The number of nitrogens with zero attached hydrogens (tertiary/aromatic N) is 2. The van der Waals surface area contributed by atoms with Crippen LogP contribution in [0.3, 0.4) is 0 Å². The number of likely N-dealkylation sites (N-methyl/N-ethyl adjacent to an activating group) is 1. The minimum atomic E-state index is -0.722. The molecule has 1 atom stereocenters. The van der Waals surface area contributed by atoms with Crippen molar-refractivity contribution in [2.75, 3.05) is 32.8 Å². The minimum absolute atomic E-state index is 0.0606. The van der Waals surface area contributed by atoms with Crippen LogP contribution in [0.2, 0.25) is 5.02 Å². The van der Waals surface area contributed by atoms with Crippen LogP contribution in [0.15, 0.2) is 54.1 Å². The van der Waals surface area contributed by atoms with Gasteiger partial charge < -0.3 is 19.6 Å². The van der Waals surface area contributed by atoms with Gasteiger partial charge in [0.05, 0.1) is 18.2 Å². The highest BCUT2D eigenvalue weighted by molar-refractivity contribution is 6.46. The number of carbonyl (C=O) groups excluding carboxylic acids is 2. The maximum atomic E-state index is 13.1. The Labute approximate surface area is 194 Å². The fourth-order valence-corrected chi connectivity index (χ4v) is 4.18. The van der Waals surface area contributed by atoms with E-state index in [-0.39, 0.29) is 11.3 Å². The molecule has 0 spiro atoms. The number of hydrogen-bond acceptors (Lipinski definition) is 5. The number of ketones is 1. The lowest BCUT2D eigenvalue weighted by atomic mass is 9.95. The molecule has 0 radical (unpaired) electrons. The zero-order valence-electron chi connectivity index (χ0n) is 18.7. The Kier molecular flexibility index (Phi) is 7.94. The first-order chi connectivity index (χ1) is 15.4. The number of halogens is 1. The standard InChI is InChI=1S/C25H29ClN2O4/c1-4-27(5-2)13-14-28-22(17-9-7-11-19(26)15-17)21(24(30)25(28)31)23(29)18-10-8-12-20(16-18)32-6-3/h7-12,15-16,22,29H,4-6,13-14H2,1-3H3. The summed E-state index contributed by atoms with van der Waals surface area (Å²) in [4.78, 5) is 29.9. The summed E-state index contributed by atoms with van der Waals surface area (Å²) < 4.78 is 5.53. The van der Waals surface area contributed by atoms with Crippen LogP contribution in [-0.2, 0) is 9.59 Å². The van der Waals surface area contributed by atoms with Gasteiger partial charge in [0, 0.05) is 23.7 Å². The van der Waals surface area contributed by atoms with E-state index in [4.69, 9.17) is 16.3 Å². The van der Waals surface area contributed by atoms with Crippen molar-refractivity contribution < 1.29 is 19.4 Å². The van der Waals surface area contributed by atoms with Gasteiger partial charge in [0.25, 0.3) is 11.7 Å². The number of carbonyl (C=O) groups is 2. The van der Waals surface area contributed by atoms with Gasteiger partial charge in [-0.1, -0.05) is 49.7 Å². The summed E-state index contributed by atoms with van der Waals surface area (Å²) in [5, 5.41) is 11.7. The van der Waals surface area contributed by atoms with E-state index >= 15 is 0 Å². The third-order valence-electron chi connectivity index (χ3n) is 5.67. The van der Waals surface area contributed by atoms with Gasteiger partial charge in [0.15, 0.2) is 0 Å². The fraction of sp³-hybridized carbons (Fsp3) is 0.360. The molecule has 2 aromatic rings. The summed E-state index contributed by atoms with van der Waals surface area (Å²) in [5.74, 6) is -0.967. The number of Topliss-reactive ketones (excluding diaryl/α,β-unsaturated/α-hetero) is 1. The summed E-state index contributed by atoms with van der Waals surface area (Å²) >= 11 is 6.22. The van der Waals surface area contributed by atoms with Crippen LogP contribution < -0.4 is 4.74 Å². The van der Waals surface area contributed by atoms with E-state index in [0.717, 1.165) is 13.1 Å². The van der Waals surface area contributed by atoms with Gasteiger partial charge in [-0.15, -0.1) is 0 Å². The normalized spacial score (nSPS) is 17.9. The number of aliphatic hydroxyl groups excluding tert-OH is 1. The van der Waals surface area contributed by atoms with Crippen LogP contribution in [-0.4, -0.2) is 59.4 Å². The van der Waals surface area contributed by atoms with Crippen molar-refractivity contribution in [3.05, 3.63) is 70.3 Å². The molecular weight excluding hydrogens is 428 g/mol. The number of benzene rings is 2. The number of aliphatic hydroxyl groups is 1. The first-order valence-corrected chi connectivity index (χ1v) is 11.3. The van der Waals surface area contributed by atoms with Crippen molar-refractivity contribution in [3.63, 3.8) is 0 Å². The molecule has 32 heavy (non-hydrogen) atoms. The Morgan fingerprint density at radius 3 is 2.47 bits per heavy atom. The monoisotopic (exact) mass is 456 g/mol. The molecule has 0 aromatic heterocycles. The lowest BCUT2D eigenvalue weighted by molar-refractivity contribution is -0.140. The average Bonchev–Trinajstić information content (AvgIpc) is 3.04. The number of likely N-dealkylation sites (tertiary alicyclic amines) is 1. The zero-order chi connectivity index (χ0) is 23.3. The molecule has 6 nitrogen and oxygen atoms in total. The molecule has 0 bridgehead atoms. The lowest BCUT2D eigenvalue weighted by Crippen LogP contribution is -2.38. The maximum absolute atomic E-state index is 13.1. The van der Waals surface area contributed by atoms with Crippen LogP contribution in [0.1, 0.15) is 37.9 Å². The van der Waals surface area contributed by atoms with E-state index in [1.807, 2.05) is 13.0 Å².